The van der Waals surface area contributed by atoms with Crippen LogP contribution in [0.2, 0.25) is 0 Å². The molecule has 2 aromatic rings. The molecule has 5 heteroatoms. The Morgan fingerprint density at radius 1 is 1.10 bits per heavy atom. The van der Waals surface area contributed by atoms with Gasteiger partial charge < -0.3 is 4.74 Å². The molecule has 0 atom stereocenters. The van der Waals surface area contributed by atoms with Crippen molar-refractivity contribution in [2.45, 2.75) is 0 Å². The summed E-state index contributed by atoms with van der Waals surface area (Å²) in [5, 5.41) is 20.6. The maximum Gasteiger partial charge on any atom is 0.172 e. The third-order valence-electron chi connectivity index (χ3n) is 2.51. The van der Waals surface area contributed by atoms with Gasteiger partial charge in [-0.3, -0.25) is 0 Å². The predicted octanol–water partition coefficient (Wildman–Crippen LogP) is 3.71. The highest BCUT2D eigenvalue weighted by atomic mass is 16.5. The van der Waals surface area contributed by atoms with E-state index in [1.54, 1.807) is 43.5 Å². The highest BCUT2D eigenvalue weighted by molar-refractivity contribution is 6.11. The van der Waals surface area contributed by atoms with E-state index in [1.165, 1.54) is 0 Å². The molecule has 0 bridgehead atoms. The summed E-state index contributed by atoms with van der Waals surface area (Å²) in [6, 6.07) is 18.3. The van der Waals surface area contributed by atoms with Gasteiger partial charge in [-0.1, -0.05) is 30.3 Å². The average Bonchev–Trinajstić information content (AvgIpc) is 2.52. The Bertz CT molecular complexity index is 672. The van der Waals surface area contributed by atoms with Crippen molar-refractivity contribution in [3.05, 3.63) is 60.2 Å². The van der Waals surface area contributed by atoms with Gasteiger partial charge in [-0.15, -0.1) is 10.2 Å². The number of nitriles is 1. The van der Waals surface area contributed by atoms with E-state index in [0.29, 0.717) is 17.0 Å². The molecule has 2 rings (SSSR count). The van der Waals surface area contributed by atoms with E-state index in [0.717, 1.165) is 0 Å². The molecular weight excluding hydrogens is 252 g/mol. The molecule has 0 radical (unpaired) electrons. The number of ether oxygens (including phenoxy) is 1. The molecular formula is C15H12N4O. The molecule has 0 aromatic heterocycles. The number of nitrogens with zero attached hydrogens (tertiary/aromatic N) is 4. The van der Waals surface area contributed by atoms with Gasteiger partial charge in [0, 0.05) is 5.56 Å². The van der Waals surface area contributed by atoms with Crippen molar-refractivity contribution in [1.29, 1.82) is 5.26 Å². The maximum atomic E-state index is 9.12. The second-order valence-electron chi connectivity index (χ2n) is 3.82. The Morgan fingerprint density at radius 2 is 1.90 bits per heavy atom. The van der Waals surface area contributed by atoms with Crippen LogP contribution in [-0.2, 0) is 0 Å². The fourth-order valence-corrected chi connectivity index (χ4v) is 1.53. The number of hydrogen-bond acceptors (Lipinski definition) is 4. The molecule has 0 saturated carbocycles. The number of rotatable bonds is 4. The van der Waals surface area contributed by atoms with E-state index < -0.39 is 0 Å². The molecule has 0 N–H and O–H groups in total. The third-order valence-corrected chi connectivity index (χ3v) is 2.51. The highest BCUT2D eigenvalue weighted by Gasteiger charge is 2.03. The standard InChI is InChI=1S/C15H12N4O/c1-20-14-9-5-6-12(10-14)15(11-16)18-19-17-13-7-3-2-4-8-13/h2-10H,1H3/b18-15-,19-17?. The summed E-state index contributed by atoms with van der Waals surface area (Å²) in [5.74, 6) is 0.658. The third kappa shape index (κ3) is 3.50. The first kappa shape index (κ1) is 13.4. The van der Waals surface area contributed by atoms with Crippen LogP contribution < -0.4 is 4.74 Å². The van der Waals surface area contributed by atoms with Crippen molar-refractivity contribution in [3.8, 4) is 11.8 Å². The lowest BCUT2D eigenvalue weighted by atomic mass is 10.1. The zero-order valence-corrected chi connectivity index (χ0v) is 10.9. The summed E-state index contributed by atoms with van der Waals surface area (Å²) in [4.78, 5) is 0. The summed E-state index contributed by atoms with van der Waals surface area (Å²) in [5.41, 5.74) is 1.50. The second-order valence-corrected chi connectivity index (χ2v) is 3.82. The van der Waals surface area contributed by atoms with E-state index >= 15 is 0 Å². The number of benzene rings is 2. The lowest BCUT2D eigenvalue weighted by Gasteiger charge is -2.00. The van der Waals surface area contributed by atoms with Crippen molar-refractivity contribution in [1.82, 2.24) is 0 Å². The van der Waals surface area contributed by atoms with Crippen LogP contribution in [0, 0.1) is 11.3 Å². The van der Waals surface area contributed by atoms with Crippen molar-refractivity contribution >= 4 is 11.4 Å². The quantitative estimate of drug-likeness (QED) is 0.480. The first-order valence-electron chi connectivity index (χ1n) is 5.92. The highest BCUT2D eigenvalue weighted by Crippen LogP contribution is 2.14. The minimum atomic E-state index is 0.184. The molecule has 98 valence electrons. The Morgan fingerprint density at radius 3 is 2.60 bits per heavy atom. The first-order chi connectivity index (χ1) is 9.83. The van der Waals surface area contributed by atoms with Gasteiger partial charge in [0.05, 0.1) is 12.8 Å². The molecule has 5 nitrogen and oxygen atoms in total. The minimum absolute atomic E-state index is 0.184. The van der Waals surface area contributed by atoms with Crippen molar-refractivity contribution in [3.63, 3.8) is 0 Å². The van der Waals surface area contributed by atoms with Gasteiger partial charge in [0.15, 0.2) is 5.71 Å². The van der Waals surface area contributed by atoms with E-state index in [9.17, 15) is 0 Å². The molecule has 0 unspecified atom stereocenters. The van der Waals surface area contributed by atoms with E-state index in [-0.39, 0.29) is 5.71 Å². The van der Waals surface area contributed by atoms with Gasteiger partial charge in [0.25, 0.3) is 0 Å². The average molecular weight is 264 g/mol. The van der Waals surface area contributed by atoms with Gasteiger partial charge >= 0.3 is 0 Å². The smallest absolute Gasteiger partial charge is 0.172 e. The molecule has 0 spiro atoms. The van der Waals surface area contributed by atoms with Gasteiger partial charge in [0.2, 0.25) is 0 Å². The Labute approximate surface area is 116 Å². The summed E-state index contributed by atoms with van der Waals surface area (Å²) in [6.45, 7) is 0. The molecule has 0 aliphatic heterocycles. The molecule has 0 aliphatic carbocycles. The summed E-state index contributed by atoms with van der Waals surface area (Å²) in [6.07, 6.45) is 0. The van der Waals surface area contributed by atoms with Gasteiger partial charge in [-0.25, -0.2) is 0 Å². The molecule has 0 amide bonds. The summed E-state index contributed by atoms with van der Waals surface area (Å²) in [7, 11) is 1.57. The van der Waals surface area contributed by atoms with Crippen LogP contribution in [0.5, 0.6) is 5.75 Å². The molecule has 0 saturated heterocycles. The zero-order chi connectivity index (χ0) is 14.2. The van der Waals surface area contributed by atoms with Crippen LogP contribution in [0.15, 0.2) is 70.0 Å². The van der Waals surface area contributed by atoms with E-state index in [4.69, 9.17) is 10.00 Å². The fraction of sp³-hybridized carbons (Fsp3) is 0.0667. The van der Waals surface area contributed by atoms with Gasteiger partial charge in [-0.05, 0) is 29.5 Å². The van der Waals surface area contributed by atoms with Crippen LogP contribution in [-0.4, -0.2) is 12.8 Å². The Kier molecular flexibility index (Phi) is 4.57. The molecule has 2 aromatic carbocycles. The minimum Gasteiger partial charge on any atom is -0.497 e. The normalized spacial score (nSPS) is 11.3. The van der Waals surface area contributed by atoms with Crippen molar-refractivity contribution in [2.75, 3.05) is 7.11 Å². The fourth-order valence-electron chi connectivity index (χ4n) is 1.53. The first-order valence-corrected chi connectivity index (χ1v) is 5.92. The summed E-state index contributed by atoms with van der Waals surface area (Å²) < 4.78 is 5.10. The Hall–Kier alpha value is -3.00. The zero-order valence-electron chi connectivity index (χ0n) is 10.9. The SMILES string of the molecule is COc1cccc(/C(C#N)=N\N=Nc2ccccc2)c1. The van der Waals surface area contributed by atoms with Crippen molar-refractivity contribution in [2.24, 2.45) is 15.4 Å². The second kappa shape index (κ2) is 6.81. The predicted molar refractivity (Wildman–Crippen MR) is 76.1 cm³/mol. The molecule has 20 heavy (non-hydrogen) atoms. The van der Waals surface area contributed by atoms with E-state index in [1.807, 2.05) is 24.3 Å². The van der Waals surface area contributed by atoms with Crippen LogP contribution in [0.1, 0.15) is 5.56 Å². The number of methoxy groups -OCH3 is 1. The maximum absolute atomic E-state index is 9.12. The lowest BCUT2D eigenvalue weighted by molar-refractivity contribution is 0.414. The topological polar surface area (TPSA) is 70.1 Å². The van der Waals surface area contributed by atoms with Crippen LogP contribution in [0.4, 0.5) is 5.69 Å². The van der Waals surface area contributed by atoms with Gasteiger partial charge in [0.1, 0.15) is 11.8 Å². The lowest BCUT2D eigenvalue weighted by Crippen LogP contribution is -1.96. The monoisotopic (exact) mass is 264 g/mol. The Balaban J connectivity index is 2.22. The van der Waals surface area contributed by atoms with Crippen LogP contribution >= 0.6 is 0 Å². The van der Waals surface area contributed by atoms with Gasteiger partial charge in [-0.2, -0.15) is 5.26 Å². The molecule has 0 fully saturated rings. The van der Waals surface area contributed by atoms with Crippen LogP contribution in [0.3, 0.4) is 0 Å². The largest absolute Gasteiger partial charge is 0.497 e. The van der Waals surface area contributed by atoms with Crippen molar-refractivity contribution < 1.29 is 4.74 Å². The van der Waals surface area contributed by atoms with E-state index in [2.05, 4.69) is 15.4 Å². The van der Waals surface area contributed by atoms with Crippen LogP contribution in [0.25, 0.3) is 0 Å². The molecule has 0 aliphatic rings. The number of hydrogen-bond donors (Lipinski definition) is 0. The molecule has 0 heterocycles. The summed E-state index contributed by atoms with van der Waals surface area (Å²) >= 11 is 0.